The summed E-state index contributed by atoms with van der Waals surface area (Å²) in [5.41, 5.74) is 1.92. The van der Waals surface area contributed by atoms with E-state index in [1.54, 1.807) is 48.1 Å². The summed E-state index contributed by atoms with van der Waals surface area (Å²) in [6, 6.07) is 13.7. The molecule has 0 aliphatic heterocycles. The molecule has 1 amide bonds. The summed E-state index contributed by atoms with van der Waals surface area (Å²) in [5.74, 6) is -2.79. The zero-order chi connectivity index (χ0) is 25.3. The molecule has 0 bridgehead atoms. The summed E-state index contributed by atoms with van der Waals surface area (Å²) in [7, 11) is 0. The summed E-state index contributed by atoms with van der Waals surface area (Å²) in [4.78, 5) is 11.5. The number of fused-ring (bicyclic) bond motifs is 1. The maximum absolute atomic E-state index is 14.2. The van der Waals surface area contributed by atoms with Crippen molar-refractivity contribution < 1.29 is 31.5 Å². The molecule has 1 heterocycles. The number of hydrogen-bond donors (Lipinski definition) is 1. The number of ether oxygens (including phenoxy) is 1. The molecular weight excluding hydrogens is 481 g/mol. The number of aromatic nitrogens is 2. The molecule has 0 radical (unpaired) electrons. The Bertz CT molecular complexity index is 1370. The number of carbonyl (C=O) groups is 1. The van der Waals surface area contributed by atoms with Crippen molar-refractivity contribution >= 4 is 16.8 Å². The highest BCUT2D eigenvalue weighted by molar-refractivity contribution is 5.82. The van der Waals surface area contributed by atoms with E-state index in [4.69, 9.17) is 4.74 Å². The minimum absolute atomic E-state index is 0. The monoisotopic (exact) mass is 505 g/mol. The Labute approximate surface area is 204 Å². The minimum atomic E-state index is -5.08. The average Bonchev–Trinajstić information content (AvgIpc) is 3.22. The van der Waals surface area contributed by atoms with Crippen LogP contribution in [0.1, 0.15) is 31.6 Å². The Balaban J connectivity index is 0.00000361. The van der Waals surface area contributed by atoms with E-state index < -0.39 is 30.0 Å². The molecule has 0 fully saturated rings. The van der Waals surface area contributed by atoms with Gasteiger partial charge in [0.1, 0.15) is 23.5 Å². The molecule has 1 N–H and O–H groups in total. The zero-order valence-corrected chi connectivity index (χ0v) is 18.6. The van der Waals surface area contributed by atoms with Crippen LogP contribution in [0.25, 0.3) is 16.6 Å². The number of nitrogens with one attached hydrogen (secondary N) is 1. The lowest BCUT2D eigenvalue weighted by molar-refractivity contribution is -0.174. The van der Waals surface area contributed by atoms with Gasteiger partial charge in [-0.15, -0.1) is 0 Å². The number of carbonyl (C=O) groups excluding carboxylic acids is 1. The third kappa shape index (κ3) is 5.64. The number of aryl methyl sites for hydroxylation is 1. The van der Waals surface area contributed by atoms with Gasteiger partial charge in [-0.3, -0.25) is 4.79 Å². The Morgan fingerprint density at radius 3 is 2.36 bits per heavy atom. The molecule has 1 aromatic heterocycles. The molecule has 0 saturated carbocycles. The van der Waals surface area contributed by atoms with Gasteiger partial charge in [0.15, 0.2) is 0 Å². The summed E-state index contributed by atoms with van der Waals surface area (Å²) in [6.07, 6.45) is -4.65. The summed E-state index contributed by atoms with van der Waals surface area (Å²) >= 11 is 0. The largest absolute Gasteiger partial charge is 0.484 e. The average molecular weight is 505 g/mol. The van der Waals surface area contributed by atoms with Crippen LogP contribution in [0.15, 0.2) is 66.9 Å². The van der Waals surface area contributed by atoms with Crippen molar-refractivity contribution in [1.29, 1.82) is 0 Å². The van der Waals surface area contributed by atoms with Gasteiger partial charge in [0, 0.05) is 5.39 Å². The fraction of sp³-hybridized carbons (Fsp3) is 0.231. The Morgan fingerprint density at radius 1 is 1.03 bits per heavy atom. The lowest BCUT2D eigenvalue weighted by Gasteiger charge is -2.27. The molecule has 2 atom stereocenters. The van der Waals surface area contributed by atoms with Crippen molar-refractivity contribution in [2.24, 2.45) is 0 Å². The molecule has 10 heteroatoms. The predicted molar refractivity (Wildman–Crippen MR) is 126 cm³/mol. The van der Waals surface area contributed by atoms with Gasteiger partial charge in [0.2, 0.25) is 0 Å². The second-order valence-corrected chi connectivity index (χ2v) is 8.06. The van der Waals surface area contributed by atoms with Gasteiger partial charge in [-0.25, -0.2) is 13.5 Å². The fourth-order valence-electron chi connectivity index (χ4n) is 3.63. The van der Waals surface area contributed by atoms with Crippen LogP contribution in [0.3, 0.4) is 0 Å². The van der Waals surface area contributed by atoms with E-state index in [1.807, 2.05) is 5.32 Å². The van der Waals surface area contributed by atoms with Crippen LogP contribution in [0, 0.1) is 18.6 Å². The number of rotatable bonds is 6. The molecule has 0 unspecified atom stereocenters. The maximum Gasteiger partial charge on any atom is 0.471 e. The molecule has 5 nitrogen and oxygen atoms in total. The Morgan fingerprint density at radius 2 is 1.72 bits per heavy atom. The lowest BCUT2D eigenvalue weighted by atomic mass is 10.0. The van der Waals surface area contributed by atoms with Crippen LogP contribution in [0.4, 0.5) is 22.0 Å². The summed E-state index contributed by atoms with van der Waals surface area (Å²) < 4.78 is 73.5. The second-order valence-electron chi connectivity index (χ2n) is 8.06. The van der Waals surface area contributed by atoms with Crippen LogP contribution < -0.4 is 10.1 Å². The van der Waals surface area contributed by atoms with E-state index in [0.29, 0.717) is 22.2 Å². The van der Waals surface area contributed by atoms with Gasteiger partial charge in [0.05, 0.1) is 23.4 Å². The van der Waals surface area contributed by atoms with E-state index in [9.17, 15) is 26.7 Å². The first-order chi connectivity index (χ1) is 16.5. The number of benzene rings is 3. The molecule has 3 aromatic carbocycles. The Hall–Kier alpha value is -3.95. The zero-order valence-electron chi connectivity index (χ0n) is 18.6. The first-order valence-corrected chi connectivity index (χ1v) is 10.6. The first kappa shape index (κ1) is 26.7. The third-order valence-corrected chi connectivity index (χ3v) is 5.47. The van der Waals surface area contributed by atoms with Crippen LogP contribution in [0.2, 0.25) is 0 Å². The quantitative estimate of drug-likeness (QED) is 0.307. The summed E-state index contributed by atoms with van der Waals surface area (Å²) in [6.45, 7) is 2.90. The molecule has 36 heavy (non-hydrogen) atoms. The molecule has 0 aliphatic carbocycles. The summed E-state index contributed by atoms with van der Waals surface area (Å²) in [5, 5.41) is 6.83. The number of hydrogen-bond acceptors (Lipinski definition) is 3. The van der Waals surface area contributed by atoms with E-state index in [2.05, 4.69) is 5.10 Å². The SMILES string of the molecule is C.Cc1ccc([C@@H](Oc2ccc3c(cnn3-c3ccc(F)cc3)c2)[C@H](C)NC(=O)C(F)(F)F)cc1F. The highest BCUT2D eigenvalue weighted by Crippen LogP contribution is 2.30. The van der Waals surface area contributed by atoms with E-state index in [0.717, 1.165) is 0 Å². The lowest BCUT2D eigenvalue weighted by Crippen LogP contribution is -2.45. The molecule has 0 spiro atoms. The number of amides is 1. The second kappa shape index (κ2) is 10.3. The van der Waals surface area contributed by atoms with Crippen molar-refractivity contribution in [2.45, 2.75) is 39.6 Å². The van der Waals surface area contributed by atoms with E-state index in [-0.39, 0.29) is 24.6 Å². The van der Waals surface area contributed by atoms with Crippen molar-refractivity contribution in [2.75, 3.05) is 0 Å². The smallest absolute Gasteiger partial charge is 0.471 e. The molecule has 0 saturated heterocycles. The van der Waals surface area contributed by atoms with Crippen molar-refractivity contribution in [3.05, 3.63) is 89.6 Å². The predicted octanol–water partition coefficient (Wildman–Crippen LogP) is 6.44. The standard InChI is InChI=1S/C25H20F5N3O2.CH4/c1-14-3-4-16(12-21(14)27)23(15(2)32-24(34)25(28,29)30)35-20-9-10-22-17(11-20)13-31-33(22)19-7-5-18(26)6-8-19;/h3-13,15,23H,1-2H3,(H,32,34);1H4/t15-,23-;/m0./s1. The van der Waals surface area contributed by atoms with Gasteiger partial charge in [-0.1, -0.05) is 19.6 Å². The topological polar surface area (TPSA) is 56.1 Å². The minimum Gasteiger partial charge on any atom is -0.484 e. The number of nitrogens with zero attached hydrogens (tertiary/aromatic N) is 2. The van der Waals surface area contributed by atoms with E-state index in [1.165, 1.54) is 37.3 Å². The van der Waals surface area contributed by atoms with Crippen molar-refractivity contribution in [1.82, 2.24) is 15.1 Å². The molecule has 4 aromatic rings. The van der Waals surface area contributed by atoms with Gasteiger partial charge >= 0.3 is 12.1 Å². The Kier molecular flexibility index (Phi) is 7.66. The maximum atomic E-state index is 14.2. The normalized spacial score (nSPS) is 13.1. The van der Waals surface area contributed by atoms with Gasteiger partial charge in [-0.05, 0) is 73.5 Å². The molecule has 0 aliphatic rings. The number of alkyl halides is 3. The van der Waals surface area contributed by atoms with Crippen molar-refractivity contribution in [3.63, 3.8) is 0 Å². The highest BCUT2D eigenvalue weighted by atomic mass is 19.4. The first-order valence-electron chi connectivity index (χ1n) is 10.6. The van der Waals surface area contributed by atoms with Crippen LogP contribution in [0.5, 0.6) is 5.75 Å². The van der Waals surface area contributed by atoms with Crippen LogP contribution in [-0.4, -0.2) is 27.9 Å². The fourth-order valence-corrected chi connectivity index (χ4v) is 3.63. The third-order valence-electron chi connectivity index (χ3n) is 5.47. The molecular formula is C26H24F5N3O2. The van der Waals surface area contributed by atoms with Crippen LogP contribution in [-0.2, 0) is 4.79 Å². The van der Waals surface area contributed by atoms with Crippen LogP contribution >= 0.6 is 0 Å². The van der Waals surface area contributed by atoms with Gasteiger partial charge in [-0.2, -0.15) is 18.3 Å². The highest BCUT2D eigenvalue weighted by Gasteiger charge is 2.40. The van der Waals surface area contributed by atoms with Gasteiger partial charge in [0.25, 0.3) is 0 Å². The molecule has 190 valence electrons. The van der Waals surface area contributed by atoms with Gasteiger partial charge < -0.3 is 10.1 Å². The molecule has 4 rings (SSSR count). The van der Waals surface area contributed by atoms with E-state index >= 15 is 0 Å². The number of halogens is 5. The van der Waals surface area contributed by atoms with Crippen molar-refractivity contribution in [3.8, 4) is 11.4 Å².